The lowest BCUT2D eigenvalue weighted by atomic mass is 10.0. The third-order valence-electron chi connectivity index (χ3n) is 4.00. The molecule has 28 heavy (non-hydrogen) atoms. The summed E-state index contributed by atoms with van der Waals surface area (Å²) >= 11 is 17.7. The van der Waals surface area contributed by atoms with Crippen LogP contribution in [0, 0.1) is 0 Å². The first kappa shape index (κ1) is 25.8. The lowest BCUT2D eigenvalue weighted by molar-refractivity contribution is 0.155. The standard InChI is InChI=1S/C21H28Br2Cl2O3/c1-3-16-14-18(27-13-8-19(22)23)15-17(4-2)21(16)28-11-7-5-6-10-26-12-9-20(24)25/h8-9,14-15H,3-7,10-13H2,1-2H3. The maximum atomic E-state index is 6.14. The average molecular weight is 559 g/mol. The average Bonchev–Trinajstić information content (AvgIpc) is 2.66. The molecule has 0 atom stereocenters. The van der Waals surface area contributed by atoms with Crippen molar-refractivity contribution in [3.8, 4) is 11.5 Å². The van der Waals surface area contributed by atoms with E-state index in [0.717, 1.165) is 47.0 Å². The Morgan fingerprint density at radius 3 is 2.11 bits per heavy atom. The predicted octanol–water partition coefficient (Wildman–Crippen LogP) is 7.71. The maximum absolute atomic E-state index is 6.14. The minimum atomic E-state index is 0.246. The summed E-state index contributed by atoms with van der Waals surface area (Å²) < 4.78 is 18.5. The summed E-state index contributed by atoms with van der Waals surface area (Å²) in [7, 11) is 0. The third-order valence-corrected chi connectivity index (χ3v) is 4.96. The molecular weight excluding hydrogens is 531 g/mol. The van der Waals surface area contributed by atoms with Crippen LogP contribution in [0.15, 0.2) is 32.2 Å². The molecule has 7 heteroatoms. The number of unbranched alkanes of at least 4 members (excludes halogenated alkanes) is 2. The summed E-state index contributed by atoms with van der Waals surface area (Å²) in [5, 5.41) is 0. The Morgan fingerprint density at radius 1 is 0.893 bits per heavy atom. The van der Waals surface area contributed by atoms with Gasteiger partial charge in [0.25, 0.3) is 0 Å². The number of halogens is 4. The smallest absolute Gasteiger partial charge is 0.125 e. The largest absolute Gasteiger partial charge is 0.493 e. The van der Waals surface area contributed by atoms with E-state index in [0.29, 0.717) is 26.4 Å². The second-order valence-electron chi connectivity index (χ2n) is 6.06. The molecule has 0 aliphatic heterocycles. The summed E-state index contributed by atoms with van der Waals surface area (Å²) in [6, 6.07) is 4.15. The monoisotopic (exact) mass is 556 g/mol. The highest BCUT2D eigenvalue weighted by Crippen LogP contribution is 2.31. The summed E-state index contributed by atoms with van der Waals surface area (Å²) in [5.74, 6) is 1.88. The Hall–Kier alpha value is -0.200. The molecule has 0 fully saturated rings. The molecule has 0 aliphatic carbocycles. The van der Waals surface area contributed by atoms with Crippen molar-refractivity contribution in [2.75, 3.05) is 26.4 Å². The van der Waals surface area contributed by atoms with E-state index in [-0.39, 0.29) is 4.49 Å². The van der Waals surface area contributed by atoms with Crippen LogP contribution in [0.25, 0.3) is 0 Å². The number of hydrogen-bond donors (Lipinski definition) is 0. The normalized spacial score (nSPS) is 10.5. The van der Waals surface area contributed by atoms with Crippen LogP contribution >= 0.6 is 55.1 Å². The Bertz CT molecular complexity index is 616. The van der Waals surface area contributed by atoms with Crippen LogP contribution in [0.5, 0.6) is 11.5 Å². The van der Waals surface area contributed by atoms with Crippen LogP contribution in [0.3, 0.4) is 0 Å². The van der Waals surface area contributed by atoms with E-state index in [9.17, 15) is 0 Å². The Balaban J connectivity index is 2.48. The van der Waals surface area contributed by atoms with Gasteiger partial charge in [0.15, 0.2) is 0 Å². The quantitative estimate of drug-likeness (QED) is 0.219. The second kappa shape index (κ2) is 15.6. The van der Waals surface area contributed by atoms with Gasteiger partial charge in [-0.05, 0) is 99.4 Å². The van der Waals surface area contributed by atoms with Crippen LogP contribution in [0.2, 0.25) is 0 Å². The van der Waals surface area contributed by atoms with Crippen molar-refractivity contribution in [3.63, 3.8) is 0 Å². The summed E-state index contributed by atoms with van der Waals surface area (Å²) in [5.41, 5.74) is 2.37. The first-order valence-electron chi connectivity index (χ1n) is 9.49. The minimum absolute atomic E-state index is 0.246. The first-order valence-corrected chi connectivity index (χ1v) is 11.8. The molecule has 1 aromatic carbocycles. The van der Waals surface area contributed by atoms with Gasteiger partial charge in [0, 0.05) is 6.61 Å². The van der Waals surface area contributed by atoms with E-state index in [4.69, 9.17) is 37.4 Å². The zero-order chi connectivity index (χ0) is 20.8. The molecule has 0 heterocycles. The van der Waals surface area contributed by atoms with Gasteiger partial charge < -0.3 is 14.2 Å². The van der Waals surface area contributed by atoms with Gasteiger partial charge in [-0.15, -0.1) is 0 Å². The molecule has 0 radical (unpaired) electrons. The zero-order valence-electron chi connectivity index (χ0n) is 16.4. The molecular formula is C21H28Br2Cl2O3. The van der Waals surface area contributed by atoms with Gasteiger partial charge >= 0.3 is 0 Å². The number of benzene rings is 1. The number of hydrogen-bond acceptors (Lipinski definition) is 3. The van der Waals surface area contributed by atoms with Gasteiger partial charge in [-0.2, -0.15) is 0 Å². The van der Waals surface area contributed by atoms with Crippen LogP contribution in [0.4, 0.5) is 0 Å². The van der Waals surface area contributed by atoms with Gasteiger partial charge in [0.05, 0.1) is 16.6 Å². The zero-order valence-corrected chi connectivity index (χ0v) is 21.1. The number of rotatable bonds is 14. The predicted molar refractivity (Wildman–Crippen MR) is 127 cm³/mol. The molecule has 0 N–H and O–H groups in total. The van der Waals surface area contributed by atoms with E-state index in [2.05, 4.69) is 57.8 Å². The molecule has 0 amide bonds. The molecule has 0 aromatic heterocycles. The van der Waals surface area contributed by atoms with E-state index >= 15 is 0 Å². The highest BCUT2D eigenvalue weighted by molar-refractivity contribution is 9.28. The van der Waals surface area contributed by atoms with E-state index < -0.39 is 0 Å². The number of aryl methyl sites for hydroxylation is 2. The summed E-state index contributed by atoms with van der Waals surface area (Å²) in [4.78, 5) is 0. The van der Waals surface area contributed by atoms with E-state index in [1.54, 1.807) is 6.08 Å². The molecule has 0 spiro atoms. The summed E-state index contributed by atoms with van der Waals surface area (Å²) in [6.45, 7) is 6.64. The molecule has 0 saturated heterocycles. The minimum Gasteiger partial charge on any atom is -0.493 e. The lowest BCUT2D eigenvalue weighted by Crippen LogP contribution is -2.05. The van der Waals surface area contributed by atoms with E-state index in [1.165, 1.54) is 11.1 Å². The van der Waals surface area contributed by atoms with Crippen molar-refractivity contribution in [1.29, 1.82) is 0 Å². The lowest BCUT2D eigenvalue weighted by Gasteiger charge is -2.17. The second-order valence-corrected chi connectivity index (χ2v) is 9.84. The van der Waals surface area contributed by atoms with Crippen molar-refractivity contribution in [2.24, 2.45) is 0 Å². The first-order chi connectivity index (χ1) is 13.5. The molecule has 158 valence electrons. The summed E-state index contributed by atoms with van der Waals surface area (Å²) in [6.07, 6.45) is 8.41. The van der Waals surface area contributed by atoms with E-state index in [1.807, 2.05) is 6.08 Å². The van der Waals surface area contributed by atoms with Gasteiger partial charge in [-0.1, -0.05) is 37.0 Å². The van der Waals surface area contributed by atoms with Gasteiger partial charge in [0.2, 0.25) is 0 Å². The van der Waals surface area contributed by atoms with Crippen molar-refractivity contribution in [3.05, 3.63) is 43.3 Å². The topological polar surface area (TPSA) is 27.7 Å². The van der Waals surface area contributed by atoms with Gasteiger partial charge in [-0.25, -0.2) is 0 Å². The highest BCUT2D eigenvalue weighted by Gasteiger charge is 2.11. The fourth-order valence-electron chi connectivity index (χ4n) is 2.58. The molecule has 1 aromatic rings. The van der Waals surface area contributed by atoms with Crippen molar-refractivity contribution in [2.45, 2.75) is 46.0 Å². The molecule has 0 saturated carbocycles. The Morgan fingerprint density at radius 2 is 1.54 bits per heavy atom. The SMILES string of the molecule is CCc1cc(OCC=C(Br)Br)cc(CC)c1OCCCCCOCC=C(Cl)Cl. The molecule has 0 aliphatic rings. The molecule has 0 bridgehead atoms. The number of ether oxygens (including phenoxy) is 3. The van der Waals surface area contributed by atoms with Crippen LogP contribution in [-0.2, 0) is 17.6 Å². The fraction of sp³-hybridized carbons (Fsp3) is 0.524. The van der Waals surface area contributed by atoms with Crippen LogP contribution in [-0.4, -0.2) is 26.4 Å². The maximum Gasteiger partial charge on any atom is 0.125 e. The van der Waals surface area contributed by atoms with Gasteiger partial charge in [0.1, 0.15) is 22.6 Å². The van der Waals surface area contributed by atoms with Crippen LogP contribution < -0.4 is 9.47 Å². The molecule has 1 rings (SSSR count). The highest BCUT2D eigenvalue weighted by atomic mass is 79.9. The van der Waals surface area contributed by atoms with Crippen molar-refractivity contribution >= 4 is 55.1 Å². The van der Waals surface area contributed by atoms with Crippen LogP contribution in [0.1, 0.15) is 44.2 Å². The third kappa shape index (κ3) is 11.1. The Labute approximate surface area is 195 Å². The van der Waals surface area contributed by atoms with Crippen molar-refractivity contribution in [1.82, 2.24) is 0 Å². The fourth-order valence-corrected chi connectivity index (χ4v) is 2.97. The van der Waals surface area contributed by atoms with Crippen molar-refractivity contribution < 1.29 is 14.2 Å². The molecule has 3 nitrogen and oxygen atoms in total. The van der Waals surface area contributed by atoms with Gasteiger partial charge in [-0.3, -0.25) is 0 Å². The Kier molecular flexibility index (Phi) is 14.4. The molecule has 0 unspecified atom stereocenters.